The van der Waals surface area contributed by atoms with Gasteiger partial charge in [-0.3, -0.25) is 14.6 Å². The molecule has 1 fully saturated rings. The molecule has 0 spiro atoms. The highest BCUT2D eigenvalue weighted by molar-refractivity contribution is 5.94. The minimum Gasteiger partial charge on any atom is -0.497 e. The van der Waals surface area contributed by atoms with E-state index in [1.54, 1.807) is 25.4 Å². The van der Waals surface area contributed by atoms with Crippen molar-refractivity contribution in [3.8, 4) is 5.75 Å². The molecule has 2 amide bonds. The Morgan fingerprint density at radius 2 is 1.78 bits per heavy atom. The van der Waals surface area contributed by atoms with Crippen LogP contribution in [0.5, 0.6) is 5.75 Å². The average molecular weight is 367 g/mol. The molecule has 0 aliphatic heterocycles. The smallest absolute Gasteiger partial charge is 0.252 e. The molecular weight excluding hydrogens is 342 g/mol. The van der Waals surface area contributed by atoms with Crippen molar-refractivity contribution < 1.29 is 14.3 Å². The second-order valence-corrected chi connectivity index (χ2v) is 7.45. The first-order valence-corrected chi connectivity index (χ1v) is 9.02. The number of nitrogens with zero attached hydrogens (tertiary/aromatic N) is 1. The number of amides is 2. The summed E-state index contributed by atoms with van der Waals surface area (Å²) < 4.78 is 5.21. The topological polar surface area (TPSA) is 80.3 Å². The Kier molecular flexibility index (Phi) is 5.17. The lowest BCUT2D eigenvalue weighted by Gasteiger charge is -2.21. The Bertz CT molecular complexity index is 818. The number of benzene rings is 1. The van der Waals surface area contributed by atoms with E-state index in [1.165, 1.54) is 6.20 Å². The Labute approximate surface area is 159 Å². The monoisotopic (exact) mass is 367 g/mol. The van der Waals surface area contributed by atoms with E-state index < -0.39 is 5.41 Å². The van der Waals surface area contributed by atoms with Crippen LogP contribution >= 0.6 is 0 Å². The number of carbonyl (C=O) groups is 2. The molecule has 1 saturated carbocycles. The summed E-state index contributed by atoms with van der Waals surface area (Å²) in [6.07, 6.45) is 3.92. The number of carbonyl (C=O) groups excluding carboxylic acids is 2. The largest absolute Gasteiger partial charge is 0.497 e. The average Bonchev–Trinajstić information content (AvgIpc) is 3.29. The highest BCUT2D eigenvalue weighted by Crippen LogP contribution is 2.64. The van der Waals surface area contributed by atoms with E-state index >= 15 is 0 Å². The minimum atomic E-state index is -0.535. The number of ether oxygens (including phenoxy) is 1. The van der Waals surface area contributed by atoms with Crippen molar-refractivity contribution >= 4 is 11.8 Å². The Morgan fingerprint density at radius 1 is 1.11 bits per heavy atom. The van der Waals surface area contributed by atoms with Crippen molar-refractivity contribution in [2.24, 2.45) is 5.41 Å². The van der Waals surface area contributed by atoms with Crippen LogP contribution in [-0.4, -0.2) is 37.0 Å². The van der Waals surface area contributed by atoms with Crippen LogP contribution in [0.4, 0.5) is 0 Å². The van der Waals surface area contributed by atoms with Gasteiger partial charge in [0.25, 0.3) is 5.91 Å². The third-order valence-corrected chi connectivity index (χ3v) is 5.33. The van der Waals surface area contributed by atoms with Gasteiger partial charge in [0.05, 0.1) is 18.1 Å². The predicted octanol–water partition coefficient (Wildman–Crippen LogP) is 2.30. The maximum atomic E-state index is 12.9. The zero-order chi connectivity index (χ0) is 19.5. The molecule has 2 aromatic rings. The number of nitrogens with one attached hydrogen (secondary N) is 2. The van der Waals surface area contributed by atoms with Crippen LogP contribution in [0.15, 0.2) is 48.8 Å². The first-order chi connectivity index (χ1) is 12.9. The maximum Gasteiger partial charge on any atom is 0.252 e. The summed E-state index contributed by atoms with van der Waals surface area (Å²) in [6, 6.07) is 11.1. The van der Waals surface area contributed by atoms with Crippen molar-refractivity contribution in [3.05, 3.63) is 59.9 Å². The lowest BCUT2D eigenvalue weighted by molar-refractivity contribution is -0.124. The normalized spacial score (nSPS) is 19.8. The van der Waals surface area contributed by atoms with Crippen LogP contribution in [0.3, 0.4) is 0 Å². The standard InChI is InChI=1S/C21H25N3O3/c1-20(2)14-21(20,16-6-8-17(27-3)9-7-16)19(26)24-12-11-23-18(25)15-5-4-10-22-13-15/h4-10,13H,11-12,14H2,1-3H3,(H,23,25)(H,24,26)/t21-/m1/s1. The van der Waals surface area contributed by atoms with Crippen molar-refractivity contribution in [2.45, 2.75) is 25.7 Å². The molecule has 0 unspecified atom stereocenters. The van der Waals surface area contributed by atoms with E-state index in [0.29, 0.717) is 18.7 Å². The van der Waals surface area contributed by atoms with Gasteiger partial charge in [0, 0.05) is 25.5 Å². The zero-order valence-electron chi connectivity index (χ0n) is 15.9. The van der Waals surface area contributed by atoms with Gasteiger partial charge in [-0.05, 0) is 41.7 Å². The van der Waals surface area contributed by atoms with E-state index in [9.17, 15) is 9.59 Å². The van der Waals surface area contributed by atoms with Crippen molar-refractivity contribution in [1.29, 1.82) is 0 Å². The summed E-state index contributed by atoms with van der Waals surface area (Å²) in [4.78, 5) is 28.9. The quantitative estimate of drug-likeness (QED) is 0.736. The van der Waals surface area contributed by atoms with Crippen LogP contribution in [0, 0.1) is 5.41 Å². The molecule has 0 saturated heterocycles. The van der Waals surface area contributed by atoms with Gasteiger partial charge >= 0.3 is 0 Å². The highest BCUT2D eigenvalue weighted by Gasteiger charge is 2.66. The number of aromatic nitrogens is 1. The van der Waals surface area contributed by atoms with E-state index in [-0.39, 0.29) is 17.2 Å². The molecular formula is C21H25N3O3. The summed E-state index contributed by atoms with van der Waals surface area (Å²) in [6.45, 7) is 4.93. The molecule has 142 valence electrons. The van der Waals surface area contributed by atoms with Crippen LogP contribution in [0.1, 0.15) is 36.2 Å². The first-order valence-electron chi connectivity index (χ1n) is 9.02. The first kappa shape index (κ1) is 18.9. The lowest BCUT2D eigenvalue weighted by atomic mass is 9.87. The molecule has 27 heavy (non-hydrogen) atoms. The van der Waals surface area contributed by atoms with Gasteiger partial charge in [0.2, 0.25) is 5.91 Å². The molecule has 0 bridgehead atoms. The summed E-state index contributed by atoms with van der Waals surface area (Å²) in [5, 5.41) is 5.77. The van der Waals surface area contributed by atoms with Gasteiger partial charge in [0.15, 0.2) is 0 Å². The molecule has 1 aliphatic rings. The van der Waals surface area contributed by atoms with Crippen molar-refractivity contribution in [1.82, 2.24) is 15.6 Å². The molecule has 1 heterocycles. The van der Waals surface area contributed by atoms with Crippen LogP contribution < -0.4 is 15.4 Å². The van der Waals surface area contributed by atoms with Crippen LogP contribution in [0.25, 0.3) is 0 Å². The number of hydrogen-bond acceptors (Lipinski definition) is 4. The minimum absolute atomic E-state index is 0.00621. The predicted molar refractivity (Wildman–Crippen MR) is 103 cm³/mol. The summed E-state index contributed by atoms with van der Waals surface area (Å²) >= 11 is 0. The summed E-state index contributed by atoms with van der Waals surface area (Å²) in [5.74, 6) is 0.563. The summed E-state index contributed by atoms with van der Waals surface area (Å²) in [5.41, 5.74) is 0.851. The molecule has 0 radical (unpaired) electrons. The Balaban J connectivity index is 1.58. The molecule has 1 aromatic carbocycles. The molecule has 6 heteroatoms. The zero-order valence-corrected chi connectivity index (χ0v) is 15.9. The van der Waals surface area contributed by atoms with Gasteiger partial charge in [-0.15, -0.1) is 0 Å². The van der Waals surface area contributed by atoms with Gasteiger partial charge in [-0.25, -0.2) is 0 Å². The highest BCUT2D eigenvalue weighted by atomic mass is 16.5. The molecule has 2 N–H and O–H groups in total. The van der Waals surface area contributed by atoms with Crippen LogP contribution in [-0.2, 0) is 10.2 Å². The van der Waals surface area contributed by atoms with Crippen molar-refractivity contribution in [2.75, 3.05) is 20.2 Å². The fourth-order valence-electron chi connectivity index (χ4n) is 3.61. The van der Waals surface area contributed by atoms with E-state index in [2.05, 4.69) is 29.5 Å². The molecule has 3 rings (SSSR count). The third kappa shape index (κ3) is 3.65. The number of hydrogen-bond donors (Lipinski definition) is 2. The fourth-order valence-corrected chi connectivity index (χ4v) is 3.61. The number of methoxy groups -OCH3 is 1. The van der Waals surface area contributed by atoms with Gasteiger partial charge in [-0.1, -0.05) is 26.0 Å². The molecule has 1 atom stereocenters. The number of rotatable bonds is 7. The van der Waals surface area contributed by atoms with E-state index in [4.69, 9.17) is 4.74 Å². The molecule has 6 nitrogen and oxygen atoms in total. The molecule has 1 aliphatic carbocycles. The van der Waals surface area contributed by atoms with Crippen molar-refractivity contribution in [3.63, 3.8) is 0 Å². The fraction of sp³-hybridized carbons (Fsp3) is 0.381. The maximum absolute atomic E-state index is 12.9. The van der Waals surface area contributed by atoms with E-state index in [0.717, 1.165) is 17.7 Å². The van der Waals surface area contributed by atoms with Gasteiger partial charge in [0.1, 0.15) is 5.75 Å². The third-order valence-electron chi connectivity index (χ3n) is 5.33. The summed E-state index contributed by atoms with van der Waals surface area (Å²) in [7, 11) is 1.62. The van der Waals surface area contributed by atoms with Crippen LogP contribution in [0.2, 0.25) is 0 Å². The number of pyridine rings is 1. The second-order valence-electron chi connectivity index (χ2n) is 7.45. The molecule has 1 aromatic heterocycles. The Hall–Kier alpha value is -2.89. The van der Waals surface area contributed by atoms with E-state index in [1.807, 2.05) is 24.3 Å². The Morgan fingerprint density at radius 3 is 2.33 bits per heavy atom. The lowest BCUT2D eigenvalue weighted by Crippen LogP contribution is -2.41. The SMILES string of the molecule is COc1ccc([C@@]2(C(=O)NCCNC(=O)c3cccnc3)CC2(C)C)cc1. The van der Waals surface area contributed by atoms with Gasteiger partial charge < -0.3 is 15.4 Å². The van der Waals surface area contributed by atoms with Gasteiger partial charge in [-0.2, -0.15) is 0 Å². The second kappa shape index (κ2) is 7.39.